The maximum Gasteiger partial charge on any atom is 0.418 e. The first kappa shape index (κ1) is 28.7. The van der Waals surface area contributed by atoms with E-state index >= 15 is 0 Å². The Labute approximate surface area is 226 Å². The van der Waals surface area contributed by atoms with E-state index in [9.17, 15) is 22.4 Å². The van der Waals surface area contributed by atoms with Crippen molar-refractivity contribution in [3.8, 4) is 0 Å². The SMILES string of the molecule is CN1CCN(c2cc(C3CCCCC3)c(=O)n(Cc3ncccc3C(F)(F)F)n2)CC1.Cc1cccc(F)c1. The van der Waals surface area contributed by atoms with Gasteiger partial charge >= 0.3 is 6.18 Å². The van der Waals surface area contributed by atoms with E-state index in [1.54, 1.807) is 6.07 Å². The van der Waals surface area contributed by atoms with Crippen LogP contribution in [0.4, 0.5) is 23.4 Å². The van der Waals surface area contributed by atoms with Gasteiger partial charge in [-0.15, -0.1) is 0 Å². The van der Waals surface area contributed by atoms with Gasteiger partial charge in [-0.3, -0.25) is 9.78 Å². The van der Waals surface area contributed by atoms with Crippen molar-refractivity contribution in [1.29, 1.82) is 0 Å². The van der Waals surface area contributed by atoms with E-state index in [0.717, 1.165) is 69.9 Å². The Balaban J connectivity index is 0.000000379. The molecule has 3 aromatic rings. The van der Waals surface area contributed by atoms with Crippen LogP contribution in [0.1, 0.15) is 60.4 Å². The van der Waals surface area contributed by atoms with E-state index < -0.39 is 11.7 Å². The molecule has 1 saturated heterocycles. The highest BCUT2D eigenvalue weighted by atomic mass is 19.4. The summed E-state index contributed by atoms with van der Waals surface area (Å²) < 4.78 is 53.8. The van der Waals surface area contributed by atoms with Gasteiger partial charge in [0, 0.05) is 37.9 Å². The average molecular weight is 546 g/mol. The second-order valence-corrected chi connectivity index (χ2v) is 10.3. The first-order valence-corrected chi connectivity index (χ1v) is 13.4. The normalized spacial score (nSPS) is 17.0. The lowest BCUT2D eigenvalue weighted by molar-refractivity contribution is -0.138. The van der Waals surface area contributed by atoms with Crippen LogP contribution in [0.25, 0.3) is 0 Å². The molecule has 0 radical (unpaired) electrons. The molecule has 10 heteroatoms. The van der Waals surface area contributed by atoms with Crippen molar-refractivity contribution in [2.45, 2.75) is 57.7 Å². The third-order valence-corrected chi connectivity index (χ3v) is 7.34. The van der Waals surface area contributed by atoms with Crippen LogP contribution in [0.3, 0.4) is 0 Å². The Morgan fingerprint density at radius 1 is 0.974 bits per heavy atom. The number of alkyl halides is 3. The smallest absolute Gasteiger partial charge is 0.353 e. The van der Waals surface area contributed by atoms with Crippen LogP contribution in [-0.2, 0) is 12.7 Å². The number of hydrogen-bond acceptors (Lipinski definition) is 5. The van der Waals surface area contributed by atoms with E-state index in [4.69, 9.17) is 0 Å². The van der Waals surface area contributed by atoms with E-state index in [0.29, 0.717) is 11.4 Å². The number of nitrogens with zero attached hydrogens (tertiary/aromatic N) is 5. The van der Waals surface area contributed by atoms with Crippen LogP contribution in [0.5, 0.6) is 0 Å². The van der Waals surface area contributed by atoms with E-state index in [1.807, 2.05) is 19.1 Å². The zero-order valence-corrected chi connectivity index (χ0v) is 22.4. The number of pyridine rings is 1. The molecule has 1 aliphatic carbocycles. The molecule has 2 aliphatic rings. The van der Waals surface area contributed by atoms with E-state index in [-0.39, 0.29) is 29.5 Å². The summed E-state index contributed by atoms with van der Waals surface area (Å²) in [4.78, 5) is 21.6. The first-order chi connectivity index (χ1) is 18.6. The second-order valence-electron chi connectivity index (χ2n) is 10.3. The summed E-state index contributed by atoms with van der Waals surface area (Å²) in [5, 5.41) is 4.50. The van der Waals surface area contributed by atoms with Gasteiger partial charge in [0.1, 0.15) is 11.6 Å². The number of anilines is 1. The molecule has 0 unspecified atom stereocenters. The third-order valence-electron chi connectivity index (χ3n) is 7.34. The number of aromatic nitrogens is 3. The third kappa shape index (κ3) is 7.65. The van der Waals surface area contributed by atoms with Crippen LogP contribution >= 0.6 is 0 Å². The Morgan fingerprint density at radius 3 is 2.31 bits per heavy atom. The molecule has 1 aromatic carbocycles. The summed E-state index contributed by atoms with van der Waals surface area (Å²) >= 11 is 0. The van der Waals surface area contributed by atoms with E-state index in [2.05, 4.69) is 26.9 Å². The quantitative estimate of drug-likeness (QED) is 0.398. The predicted molar refractivity (Wildman–Crippen MR) is 144 cm³/mol. The fourth-order valence-electron chi connectivity index (χ4n) is 5.12. The summed E-state index contributed by atoms with van der Waals surface area (Å²) in [5.74, 6) is 0.635. The molecule has 6 nitrogen and oxygen atoms in total. The van der Waals surface area contributed by atoms with Gasteiger partial charge in [0.05, 0.1) is 17.8 Å². The van der Waals surface area contributed by atoms with Gasteiger partial charge in [-0.25, -0.2) is 9.07 Å². The maximum atomic E-state index is 13.5. The Kier molecular flexibility index (Phi) is 9.37. The van der Waals surface area contributed by atoms with Gasteiger partial charge in [0.2, 0.25) is 0 Å². The Morgan fingerprint density at radius 2 is 1.69 bits per heavy atom. The molecule has 2 fully saturated rings. The highest BCUT2D eigenvalue weighted by molar-refractivity contribution is 5.41. The van der Waals surface area contributed by atoms with Crippen molar-refractivity contribution in [2.75, 3.05) is 38.1 Å². The monoisotopic (exact) mass is 545 g/mol. The summed E-state index contributed by atoms with van der Waals surface area (Å²) in [6.45, 7) is 4.85. The zero-order chi connectivity index (χ0) is 28.0. The molecule has 0 amide bonds. The molecule has 210 valence electrons. The molecular weight excluding hydrogens is 510 g/mol. The molecule has 2 aromatic heterocycles. The average Bonchev–Trinajstić information content (AvgIpc) is 2.91. The molecule has 0 bridgehead atoms. The first-order valence-electron chi connectivity index (χ1n) is 13.4. The number of rotatable bonds is 4. The van der Waals surface area contributed by atoms with Crippen molar-refractivity contribution in [2.24, 2.45) is 0 Å². The summed E-state index contributed by atoms with van der Waals surface area (Å²) in [6, 6.07) is 10.6. The van der Waals surface area contributed by atoms with E-state index in [1.165, 1.54) is 29.1 Å². The van der Waals surface area contributed by atoms with Gasteiger partial charge in [0.25, 0.3) is 5.56 Å². The molecule has 0 N–H and O–H groups in total. The molecule has 3 heterocycles. The molecule has 39 heavy (non-hydrogen) atoms. The van der Waals surface area contributed by atoms with Crippen LogP contribution in [-0.4, -0.2) is 52.9 Å². The van der Waals surface area contributed by atoms with Gasteiger partial charge in [-0.1, -0.05) is 31.4 Å². The number of benzene rings is 1. The maximum absolute atomic E-state index is 13.5. The highest BCUT2D eigenvalue weighted by Crippen LogP contribution is 2.33. The van der Waals surface area contributed by atoms with Crippen LogP contribution in [0.2, 0.25) is 0 Å². The number of halogens is 4. The second kappa shape index (κ2) is 12.7. The lowest BCUT2D eigenvalue weighted by Crippen LogP contribution is -2.45. The molecular formula is C29H35F4N5O. The van der Waals surface area contributed by atoms with Crippen molar-refractivity contribution >= 4 is 5.82 Å². The van der Waals surface area contributed by atoms with Crippen molar-refractivity contribution < 1.29 is 17.6 Å². The molecule has 0 atom stereocenters. The lowest BCUT2D eigenvalue weighted by Gasteiger charge is -2.34. The molecule has 1 aliphatic heterocycles. The number of aryl methyl sites for hydroxylation is 1. The summed E-state index contributed by atoms with van der Waals surface area (Å²) in [6.07, 6.45) is 1.93. The topological polar surface area (TPSA) is 54.3 Å². The number of hydrogen-bond donors (Lipinski definition) is 0. The summed E-state index contributed by atoms with van der Waals surface area (Å²) in [7, 11) is 2.05. The molecule has 1 saturated carbocycles. The van der Waals surface area contributed by atoms with Gasteiger partial charge < -0.3 is 9.80 Å². The Hall–Kier alpha value is -3.27. The van der Waals surface area contributed by atoms with Crippen molar-refractivity contribution in [3.63, 3.8) is 0 Å². The van der Waals surface area contributed by atoms with Gasteiger partial charge in [0.15, 0.2) is 0 Å². The minimum Gasteiger partial charge on any atom is -0.353 e. The van der Waals surface area contributed by atoms with Crippen LogP contribution in [0.15, 0.2) is 53.5 Å². The van der Waals surface area contributed by atoms with Crippen molar-refractivity contribution in [3.05, 3.63) is 87.2 Å². The predicted octanol–water partition coefficient (Wildman–Crippen LogP) is 5.64. The fraction of sp³-hybridized carbons (Fsp3) is 0.483. The zero-order valence-electron chi connectivity index (χ0n) is 22.4. The summed E-state index contributed by atoms with van der Waals surface area (Å²) in [5.41, 5.74) is 0.323. The number of likely N-dealkylation sites (N-methyl/N-ethyl adjacent to an activating group) is 1. The Bertz CT molecular complexity index is 1280. The minimum atomic E-state index is -4.53. The van der Waals surface area contributed by atoms with Gasteiger partial charge in [-0.05, 0) is 68.6 Å². The lowest BCUT2D eigenvalue weighted by atomic mass is 9.85. The largest absolute Gasteiger partial charge is 0.418 e. The minimum absolute atomic E-state index is 0.132. The van der Waals surface area contributed by atoms with Crippen LogP contribution < -0.4 is 10.5 Å². The highest BCUT2D eigenvalue weighted by Gasteiger charge is 2.34. The standard InChI is InChI=1S/C22H28F3N5O.C7H7F/c1-28-10-12-29(13-11-28)20-14-17(16-6-3-2-4-7-16)21(31)30(27-20)15-19-18(22(23,24)25)8-5-9-26-19;1-6-3-2-4-7(8)5-6/h5,8-9,14,16H,2-4,6-7,10-13,15H2,1H3;2-5H,1H3. The number of piperazine rings is 1. The molecule has 0 spiro atoms. The van der Waals surface area contributed by atoms with Crippen molar-refractivity contribution in [1.82, 2.24) is 19.7 Å². The fourth-order valence-corrected chi connectivity index (χ4v) is 5.12. The molecule has 5 rings (SSSR count). The van der Waals surface area contributed by atoms with Gasteiger partial charge in [-0.2, -0.15) is 18.3 Å². The van der Waals surface area contributed by atoms with Crippen LogP contribution in [0, 0.1) is 12.7 Å².